The maximum absolute atomic E-state index is 10.4. The molecule has 0 bridgehead atoms. The van der Waals surface area contributed by atoms with Crippen LogP contribution in [0.3, 0.4) is 0 Å². The monoisotopic (exact) mass is 214 g/mol. The van der Waals surface area contributed by atoms with Crippen molar-refractivity contribution in [1.29, 1.82) is 0 Å². The number of piperidine rings is 1. The quantitative estimate of drug-likeness (QED) is 0.646. The Hall–Kier alpha value is -0.120. The molecule has 90 valence electrons. The molecular weight excluding hydrogens is 188 g/mol. The summed E-state index contributed by atoms with van der Waals surface area (Å²) in [6.07, 6.45) is 4.63. The Morgan fingerprint density at radius 3 is 2.80 bits per heavy atom. The van der Waals surface area contributed by atoms with Crippen LogP contribution in [0.2, 0.25) is 0 Å². The molecule has 3 heteroatoms. The first kappa shape index (κ1) is 12.9. The first-order chi connectivity index (χ1) is 7.06. The van der Waals surface area contributed by atoms with Gasteiger partial charge in [-0.2, -0.15) is 0 Å². The number of likely N-dealkylation sites (N-methyl/N-ethyl adjacent to an activating group) is 1. The zero-order chi connectivity index (χ0) is 11.3. The van der Waals surface area contributed by atoms with E-state index in [1.54, 1.807) is 0 Å². The van der Waals surface area contributed by atoms with E-state index in [1.165, 1.54) is 19.3 Å². The summed E-state index contributed by atoms with van der Waals surface area (Å²) in [5.41, 5.74) is -0.606. The fourth-order valence-electron chi connectivity index (χ4n) is 2.30. The van der Waals surface area contributed by atoms with E-state index in [1.807, 2.05) is 6.92 Å². The van der Waals surface area contributed by atoms with Gasteiger partial charge >= 0.3 is 0 Å². The molecule has 0 aromatic heterocycles. The second-order valence-corrected chi connectivity index (χ2v) is 4.99. The Kier molecular flexibility index (Phi) is 5.03. The number of hydrogen-bond acceptors (Lipinski definition) is 3. The first-order valence-corrected chi connectivity index (χ1v) is 6.25. The molecule has 0 saturated carbocycles. The van der Waals surface area contributed by atoms with Gasteiger partial charge in [0.05, 0.1) is 5.60 Å². The Morgan fingerprint density at radius 2 is 2.27 bits per heavy atom. The molecule has 1 aliphatic rings. The van der Waals surface area contributed by atoms with E-state index in [0.29, 0.717) is 6.04 Å². The van der Waals surface area contributed by atoms with Gasteiger partial charge in [0.25, 0.3) is 0 Å². The molecule has 3 unspecified atom stereocenters. The summed E-state index contributed by atoms with van der Waals surface area (Å²) in [5, 5.41) is 17.1. The highest BCUT2D eigenvalue weighted by atomic mass is 16.3. The van der Waals surface area contributed by atoms with E-state index in [4.69, 9.17) is 0 Å². The van der Waals surface area contributed by atoms with Crippen molar-refractivity contribution in [3.05, 3.63) is 0 Å². The van der Waals surface area contributed by atoms with E-state index in [2.05, 4.69) is 24.5 Å². The van der Waals surface area contributed by atoms with Gasteiger partial charge in [0, 0.05) is 12.1 Å². The summed E-state index contributed by atoms with van der Waals surface area (Å²) in [4.78, 5) is 0. The summed E-state index contributed by atoms with van der Waals surface area (Å²) in [6.45, 7) is 8.10. The van der Waals surface area contributed by atoms with Crippen LogP contribution in [-0.4, -0.2) is 35.9 Å². The van der Waals surface area contributed by atoms with Crippen molar-refractivity contribution in [3.8, 4) is 0 Å². The van der Waals surface area contributed by atoms with Crippen molar-refractivity contribution >= 4 is 0 Å². The Bertz CT molecular complexity index is 176. The minimum absolute atomic E-state index is 0.159. The normalized spacial score (nSPS) is 28.4. The zero-order valence-corrected chi connectivity index (χ0v) is 10.3. The smallest absolute Gasteiger partial charge is 0.0784 e. The standard InChI is InChI=1S/C12H26N2O/c1-4-13-10(2)12(3,15)9-11-7-5-6-8-14-11/h10-11,13-15H,4-9H2,1-3H3. The molecule has 0 aromatic rings. The summed E-state index contributed by atoms with van der Waals surface area (Å²) in [7, 11) is 0. The largest absolute Gasteiger partial charge is 0.389 e. The van der Waals surface area contributed by atoms with Crippen molar-refractivity contribution in [2.24, 2.45) is 0 Å². The van der Waals surface area contributed by atoms with Crippen LogP contribution in [0.25, 0.3) is 0 Å². The Morgan fingerprint density at radius 1 is 1.53 bits per heavy atom. The van der Waals surface area contributed by atoms with Crippen LogP contribution in [0.5, 0.6) is 0 Å². The van der Waals surface area contributed by atoms with Crippen LogP contribution in [-0.2, 0) is 0 Å². The maximum atomic E-state index is 10.4. The summed E-state index contributed by atoms with van der Waals surface area (Å²) >= 11 is 0. The molecule has 15 heavy (non-hydrogen) atoms. The highest BCUT2D eigenvalue weighted by Gasteiger charge is 2.31. The molecular formula is C12H26N2O. The van der Waals surface area contributed by atoms with Crippen molar-refractivity contribution in [3.63, 3.8) is 0 Å². The van der Waals surface area contributed by atoms with E-state index in [0.717, 1.165) is 19.5 Å². The van der Waals surface area contributed by atoms with Crippen LogP contribution in [0, 0.1) is 0 Å². The minimum atomic E-state index is -0.606. The lowest BCUT2D eigenvalue weighted by molar-refractivity contribution is 0.00608. The molecule has 3 N–H and O–H groups in total. The third-order valence-corrected chi connectivity index (χ3v) is 3.52. The third kappa shape index (κ3) is 4.09. The molecule has 1 fully saturated rings. The van der Waals surface area contributed by atoms with Crippen molar-refractivity contribution in [1.82, 2.24) is 10.6 Å². The predicted molar refractivity (Wildman–Crippen MR) is 64.0 cm³/mol. The lowest BCUT2D eigenvalue weighted by Crippen LogP contribution is -2.51. The molecule has 1 aliphatic heterocycles. The fourth-order valence-corrected chi connectivity index (χ4v) is 2.30. The SMILES string of the molecule is CCNC(C)C(C)(O)CC1CCCCN1. The molecule has 0 spiro atoms. The van der Waals surface area contributed by atoms with Gasteiger partial charge in [-0.1, -0.05) is 13.3 Å². The van der Waals surface area contributed by atoms with Gasteiger partial charge in [-0.05, 0) is 46.2 Å². The van der Waals surface area contributed by atoms with Crippen LogP contribution < -0.4 is 10.6 Å². The molecule has 1 heterocycles. The van der Waals surface area contributed by atoms with Crippen LogP contribution in [0.15, 0.2) is 0 Å². The van der Waals surface area contributed by atoms with Gasteiger partial charge in [-0.25, -0.2) is 0 Å². The lowest BCUT2D eigenvalue weighted by Gasteiger charge is -2.36. The van der Waals surface area contributed by atoms with Crippen LogP contribution >= 0.6 is 0 Å². The zero-order valence-electron chi connectivity index (χ0n) is 10.3. The fraction of sp³-hybridized carbons (Fsp3) is 1.00. The van der Waals surface area contributed by atoms with Gasteiger partial charge in [-0.15, -0.1) is 0 Å². The molecule has 1 rings (SSSR count). The second-order valence-electron chi connectivity index (χ2n) is 4.99. The topological polar surface area (TPSA) is 44.3 Å². The highest BCUT2D eigenvalue weighted by Crippen LogP contribution is 2.21. The van der Waals surface area contributed by atoms with E-state index >= 15 is 0 Å². The predicted octanol–water partition coefficient (Wildman–Crippen LogP) is 1.27. The summed E-state index contributed by atoms with van der Waals surface area (Å²) in [6, 6.07) is 0.654. The number of aliphatic hydroxyl groups is 1. The average molecular weight is 214 g/mol. The average Bonchev–Trinajstić information content (AvgIpc) is 2.19. The number of rotatable bonds is 5. The number of nitrogens with one attached hydrogen (secondary N) is 2. The van der Waals surface area contributed by atoms with Gasteiger partial charge in [0.1, 0.15) is 0 Å². The summed E-state index contributed by atoms with van der Waals surface area (Å²) < 4.78 is 0. The van der Waals surface area contributed by atoms with Crippen LogP contribution in [0.1, 0.15) is 46.5 Å². The van der Waals surface area contributed by atoms with Gasteiger partial charge < -0.3 is 15.7 Å². The Balaban J connectivity index is 2.39. The van der Waals surface area contributed by atoms with Gasteiger partial charge in [-0.3, -0.25) is 0 Å². The minimum Gasteiger partial charge on any atom is -0.389 e. The van der Waals surface area contributed by atoms with Crippen LogP contribution in [0.4, 0.5) is 0 Å². The second kappa shape index (κ2) is 5.83. The molecule has 3 nitrogen and oxygen atoms in total. The molecule has 0 aliphatic carbocycles. The summed E-state index contributed by atoms with van der Waals surface area (Å²) in [5.74, 6) is 0. The molecule has 0 aromatic carbocycles. The van der Waals surface area contributed by atoms with E-state index in [-0.39, 0.29) is 6.04 Å². The van der Waals surface area contributed by atoms with Gasteiger partial charge in [0.15, 0.2) is 0 Å². The van der Waals surface area contributed by atoms with Crippen molar-refractivity contribution in [2.75, 3.05) is 13.1 Å². The number of hydrogen-bond donors (Lipinski definition) is 3. The Labute approximate surface area is 93.6 Å². The van der Waals surface area contributed by atoms with E-state index < -0.39 is 5.60 Å². The third-order valence-electron chi connectivity index (χ3n) is 3.52. The molecule has 0 radical (unpaired) electrons. The molecule has 1 saturated heterocycles. The van der Waals surface area contributed by atoms with E-state index in [9.17, 15) is 5.11 Å². The first-order valence-electron chi connectivity index (χ1n) is 6.25. The lowest BCUT2D eigenvalue weighted by atomic mass is 9.87. The van der Waals surface area contributed by atoms with Crippen molar-refractivity contribution < 1.29 is 5.11 Å². The highest BCUT2D eigenvalue weighted by molar-refractivity contribution is 4.89. The van der Waals surface area contributed by atoms with Gasteiger partial charge in [0.2, 0.25) is 0 Å². The maximum Gasteiger partial charge on any atom is 0.0784 e. The van der Waals surface area contributed by atoms with Crippen molar-refractivity contribution in [2.45, 2.75) is 64.1 Å². The molecule has 0 amide bonds. The molecule has 3 atom stereocenters.